The topological polar surface area (TPSA) is 56.3 Å². The lowest BCUT2D eigenvalue weighted by molar-refractivity contribution is 0.379. The predicted molar refractivity (Wildman–Crippen MR) is 90.4 cm³/mol. The summed E-state index contributed by atoms with van der Waals surface area (Å²) in [6, 6.07) is 9.12. The Kier molecular flexibility index (Phi) is 4.65. The molecule has 0 saturated carbocycles. The van der Waals surface area contributed by atoms with Gasteiger partial charge in [0.15, 0.2) is 0 Å². The molecule has 3 rings (SSSR count). The molecule has 1 unspecified atom stereocenters. The molecule has 1 aromatic carbocycles. The van der Waals surface area contributed by atoms with E-state index < -0.39 is 0 Å². The Morgan fingerprint density at radius 3 is 2.74 bits per heavy atom. The molecule has 0 saturated heterocycles. The van der Waals surface area contributed by atoms with Crippen molar-refractivity contribution in [3.05, 3.63) is 41.1 Å². The van der Waals surface area contributed by atoms with Crippen LogP contribution >= 0.6 is 0 Å². The van der Waals surface area contributed by atoms with E-state index in [1.807, 2.05) is 19.1 Å². The summed E-state index contributed by atoms with van der Waals surface area (Å²) in [6.07, 6.45) is 4.35. The average molecular weight is 313 g/mol. The molecule has 1 aromatic heterocycles. The quantitative estimate of drug-likeness (QED) is 0.879. The first kappa shape index (κ1) is 15.6. The molecule has 0 bridgehead atoms. The van der Waals surface area contributed by atoms with E-state index in [9.17, 15) is 0 Å². The Labute approximate surface area is 137 Å². The highest BCUT2D eigenvalue weighted by atomic mass is 16.5. The van der Waals surface area contributed by atoms with Gasteiger partial charge in [-0.2, -0.15) is 4.98 Å². The summed E-state index contributed by atoms with van der Waals surface area (Å²) < 4.78 is 10.5. The van der Waals surface area contributed by atoms with Crippen molar-refractivity contribution < 1.29 is 9.47 Å². The van der Waals surface area contributed by atoms with Crippen LogP contribution in [-0.4, -0.2) is 30.2 Å². The Balaban J connectivity index is 1.77. The fourth-order valence-electron chi connectivity index (χ4n) is 3.11. The second kappa shape index (κ2) is 6.86. The first-order valence-corrected chi connectivity index (χ1v) is 8.00. The van der Waals surface area contributed by atoms with Crippen LogP contribution in [0.4, 0.5) is 5.82 Å². The van der Waals surface area contributed by atoms with Gasteiger partial charge in [0, 0.05) is 17.8 Å². The van der Waals surface area contributed by atoms with Crippen molar-refractivity contribution in [3.8, 4) is 11.8 Å². The number of aromatic nitrogens is 2. The highest BCUT2D eigenvalue weighted by molar-refractivity contribution is 5.41. The van der Waals surface area contributed by atoms with Gasteiger partial charge < -0.3 is 14.8 Å². The Bertz CT molecular complexity index is 688. The van der Waals surface area contributed by atoms with Gasteiger partial charge in [0.25, 0.3) is 0 Å². The van der Waals surface area contributed by atoms with Crippen molar-refractivity contribution in [1.82, 2.24) is 9.97 Å². The van der Waals surface area contributed by atoms with E-state index in [0.717, 1.165) is 42.9 Å². The predicted octanol–water partition coefficient (Wildman–Crippen LogP) is 3.16. The molecule has 0 spiro atoms. The summed E-state index contributed by atoms with van der Waals surface area (Å²) >= 11 is 0. The van der Waals surface area contributed by atoms with Gasteiger partial charge in [0.05, 0.1) is 14.2 Å². The van der Waals surface area contributed by atoms with Crippen LogP contribution in [0.15, 0.2) is 24.3 Å². The zero-order chi connectivity index (χ0) is 16.2. The lowest BCUT2D eigenvalue weighted by Crippen LogP contribution is -2.22. The minimum Gasteiger partial charge on any atom is -0.497 e. The van der Waals surface area contributed by atoms with Crippen molar-refractivity contribution in [1.29, 1.82) is 0 Å². The number of anilines is 1. The van der Waals surface area contributed by atoms with Crippen LogP contribution in [0.1, 0.15) is 29.7 Å². The van der Waals surface area contributed by atoms with E-state index in [1.165, 1.54) is 11.1 Å². The zero-order valence-corrected chi connectivity index (χ0v) is 13.9. The smallest absolute Gasteiger partial charge is 0.318 e. The van der Waals surface area contributed by atoms with Crippen LogP contribution in [0, 0.1) is 6.92 Å². The molecule has 23 heavy (non-hydrogen) atoms. The minimum absolute atomic E-state index is 0.364. The van der Waals surface area contributed by atoms with Gasteiger partial charge in [-0.05, 0) is 55.9 Å². The third kappa shape index (κ3) is 3.73. The fraction of sp³-hybridized carbons (Fsp3) is 0.444. The lowest BCUT2D eigenvalue weighted by Gasteiger charge is -2.18. The number of nitrogens with one attached hydrogen (secondary N) is 1. The second-order valence-electron chi connectivity index (χ2n) is 5.95. The molecule has 1 atom stereocenters. The number of aryl methyl sites for hydroxylation is 2. The SMILES string of the molecule is COc1ccc2c(c1)CCCC(Nc1cc(C)nc(OC)n1)C2. The summed E-state index contributed by atoms with van der Waals surface area (Å²) in [7, 11) is 3.31. The first-order valence-electron chi connectivity index (χ1n) is 8.00. The molecular weight excluding hydrogens is 290 g/mol. The van der Waals surface area contributed by atoms with Crippen molar-refractivity contribution in [2.75, 3.05) is 19.5 Å². The van der Waals surface area contributed by atoms with Crippen molar-refractivity contribution in [3.63, 3.8) is 0 Å². The van der Waals surface area contributed by atoms with Gasteiger partial charge in [-0.15, -0.1) is 0 Å². The van der Waals surface area contributed by atoms with Gasteiger partial charge in [0.2, 0.25) is 0 Å². The van der Waals surface area contributed by atoms with Crippen LogP contribution in [-0.2, 0) is 12.8 Å². The maximum absolute atomic E-state index is 5.34. The van der Waals surface area contributed by atoms with E-state index in [2.05, 4.69) is 27.4 Å². The average Bonchev–Trinajstić information content (AvgIpc) is 2.75. The van der Waals surface area contributed by atoms with Crippen LogP contribution in [0.2, 0.25) is 0 Å². The number of benzene rings is 1. The molecule has 5 nitrogen and oxygen atoms in total. The van der Waals surface area contributed by atoms with E-state index in [1.54, 1.807) is 14.2 Å². The normalized spacial score (nSPS) is 17.1. The standard InChI is InChI=1S/C18H23N3O2/c1-12-9-17(21-18(19-12)23-3)20-15-6-4-5-13-11-16(22-2)8-7-14(13)10-15/h7-9,11,15H,4-6,10H2,1-3H3,(H,19,20,21). The van der Waals surface area contributed by atoms with Gasteiger partial charge in [-0.3, -0.25) is 0 Å². The largest absolute Gasteiger partial charge is 0.497 e. The number of methoxy groups -OCH3 is 2. The molecule has 0 fully saturated rings. The number of hydrogen-bond donors (Lipinski definition) is 1. The lowest BCUT2D eigenvalue weighted by atomic mass is 10.0. The number of hydrogen-bond acceptors (Lipinski definition) is 5. The Hall–Kier alpha value is -2.30. The van der Waals surface area contributed by atoms with Gasteiger partial charge >= 0.3 is 6.01 Å². The van der Waals surface area contributed by atoms with E-state index in [4.69, 9.17) is 9.47 Å². The number of ether oxygens (including phenoxy) is 2. The third-order valence-corrected chi connectivity index (χ3v) is 4.25. The van der Waals surface area contributed by atoms with Crippen LogP contribution < -0.4 is 14.8 Å². The molecule has 1 aliphatic rings. The van der Waals surface area contributed by atoms with E-state index >= 15 is 0 Å². The summed E-state index contributed by atoms with van der Waals surface area (Å²) in [5.41, 5.74) is 3.68. The van der Waals surface area contributed by atoms with Crippen molar-refractivity contribution in [2.24, 2.45) is 0 Å². The van der Waals surface area contributed by atoms with Crippen molar-refractivity contribution >= 4 is 5.82 Å². The molecule has 0 aliphatic heterocycles. The molecule has 1 N–H and O–H groups in total. The monoisotopic (exact) mass is 313 g/mol. The number of fused-ring (bicyclic) bond motifs is 1. The maximum atomic E-state index is 5.34. The molecule has 122 valence electrons. The third-order valence-electron chi connectivity index (χ3n) is 4.25. The molecule has 0 radical (unpaired) electrons. The fourth-order valence-corrected chi connectivity index (χ4v) is 3.11. The molecule has 0 amide bonds. The number of nitrogens with zero attached hydrogens (tertiary/aromatic N) is 2. The minimum atomic E-state index is 0.364. The van der Waals surface area contributed by atoms with Crippen LogP contribution in [0.25, 0.3) is 0 Å². The summed E-state index contributed by atoms with van der Waals surface area (Å²) in [5, 5.41) is 3.54. The highest BCUT2D eigenvalue weighted by Crippen LogP contribution is 2.26. The summed E-state index contributed by atoms with van der Waals surface area (Å²) in [4.78, 5) is 8.63. The van der Waals surface area contributed by atoms with E-state index in [0.29, 0.717) is 12.1 Å². The Morgan fingerprint density at radius 2 is 1.96 bits per heavy atom. The Morgan fingerprint density at radius 1 is 1.09 bits per heavy atom. The second-order valence-corrected chi connectivity index (χ2v) is 5.95. The summed E-state index contributed by atoms with van der Waals surface area (Å²) in [5.74, 6) is 1.77. The van der Waals surface area contributed by atoms with Gasteiger partial charge in [0.1, 0.15) is 11.6 Å². The van der Waals surface area contributed by atoms with E-state index in [-0.39, 0.29) is 0 Å². The van der Waals surface area contributed by atoms with Gasteiger partial charge in [-0.25, -0.2) is 4.98 Å². The molecule has 5 heteroatoms. The first-order chi connectivity index (χ1) is 11.2. The molecular formula is C18H23N3O2. The van der Waals surface area contributed by atoms with Crippen molar-refractivity contribution in [2.45, 2.75) is 38.6 Å². The molecule has 2 aromatic rings. The van der Waals surface area contributed by atoms with Gasteiger partial charge in [-0.1, -0.05) is 6.07 Å². The molecule has 1 heterocycles. The summed E-state index contributed by atoms with van der Waals surface area (Å²) in [6.45, 7) is 1.95. The maximum Gasteiger partial charge on any atom is 0.318 e. The van der Waals surface area contributed by atoms with Crippen LogP contribution in [0.5, 0.6) is 11.8 Å². The zero-order valence-electron chi connectivity index (χ0n) is 13.9. The number of rotatable bonds is 4. The molecule has 1 aliphatic carbocycles. The van der Waals surface area contributed by atoms with Crippen LogP contribution in [0.3, 0.4) is 0 Å². The highest BCUT2D eigenvalue weighted by Gasteiger charge is 2.18.